The molecule has 1 aliphatic heterocycles. The molecule has 1 fully saturated rings. The SMILES string of the molecule is COC(=O)[C@@H](N)Cc1ccc(Oc2ccc(C=C3SC(=S)NC3=O)c(C(F)(F)F)c2)cc1. The molecule has 0 aromatic heterocycles. The number of nitrogens with two attached hydrogens (primary N) is 1. The van der Waals surface area contributed by atoms with Crippen molar-refractivity contribution in [3.05, 3.63) is 64.1 Å². The Labute approximate surface area is 190 Å². The number of ether oxygens (including phenoxy) is 2. The lowest BCUT2D eigenvalue weighted by atomic mass is 10.1. The van der Waals surface area contributed by atoms with Crippen molar-refractivity contribution in [1.29, 1.82) is 0 Å². The fourth-order valence-corrected chi connectivity index (χ4v) is 3.89. The van der Waals surface area contributed by atoms with E-state index in [1.54, 1.807) is 24.3 Å². The molecule has 3 N–H and O–H groups in total. The Morgan fingerprint density at radius 1 is 1.22 bits per heavy atom. The fourth-order valence-electron chi connectivity index (χ4n) is 2.85. The van der Waals surface area contributed by atoms with Crippen LogP contribution in [0.15, 0.2) is 47.4 Å². The average Bonchev–Trinajstić information content (AvgIpc) is 3.05. The lowest BCUT2D eigenvalue weighted by Gasteiger charge is -2.14. The van der Waals surface area contributed by atoms with E-state index < -0.39 is 29.7 Å². The summed E-state index contributed by atoms with van der Waals surface area (Å²) in [4.78, 5) is 23.3. The van der Waals surface area contributed by atoms with Gasteiger partial charge < -0.3 is 20.5 Å². The summed E-state index contributed by atoms with van der Waals surface area (Å²) < 4.78 is 51.2. The van der Waals surface area contributed by atoms with Crippen LogP contribution >= 0.6 is 24.0 Å². The summed E-state index contributed by atoms with van der Waals surface area (Å²) in [6.45, 7) is 0. The van der Waals surface area contributed by atoms with Gasteiger partial charge in [-0.25, -0.2) is 0 Å². The van der Waals surface area contributed by atoms with E-state index >= 15 is 0 Å². The van der Waals surface area contributed by atoms with Gasteiger partial charge in [0.2, 0.25) is 0 Å². The van der Waals surface area contributed by atoms with Gasteiger partial charge in [-0.2, -0.15) is 13.2 Å². The zero-order valence-corrected chi connectivity index (χ0v) is 18.2. The van der Waals surface area contributed by atoms with Crippen LogP contribution in [-0.4, -0.2) is 29.3 Å². The molecule has 0 unspecified atom stereocenters. The number of esters is 1. The minimum Gasteiger partial charge on any atom is -0.468 e. The zero-order valence-electron chi connectivity index (χ0n) is 16.6. The number of thioether (sulfide) groups is 1. The summed E-state index contributed by atoms with van der Waals surface area (Å²) in [6, 6.07) is 9.07. The Bertz CT molecular complexity index is 1090. The van der Waals surface area contributed by atoms with Crippen molar-refractivity contribution in [1.82, 2.24) is 5.32 Å². The second kappa shape index (κ2) is 9.72. The van der Waals surface area contributed by atoms with Crippen LogP contribution in [0.5, 0.6) is 11.5 Å². The van der Waals surface area contributed by atoms with Gasteiger partial charge in [0.25, 0.3) is 5.91 Å². The van der Waals surface area contributed by atoms with Gasteiger partial charge in [-0.15, -0.1) is 0 Å². The lowest BCUT2D eigenvalue weighted by Crippen LogP contribution is -2.33. The second-order valence-electron chi connectivity index (χ2n) is 6.68. The maximum Gasteiger partial charge on any atom is 0.417 e. The van der Waals surface area contributed by atoms with Crippen LogP contribution in [0.25, 0.3) is 6.08 Å². The second-order valence-corrected chi connectivity index (χ2v) is 8.40. The van der Waals surface area contributed by atoms with Crippen molar-refractivity contribution < 1.29 is 32.2 Å². The average molecular weight is 483 g/mol. The van der Waals surface area contributed by atoms with Crippen LogP contribution in [0, 0.1) is 0 Å². The third-order valence-electron chi connectivity index (χ3n) is 4.38. The van der Waals surface area contributed by atoms with Crippen molar-refractivity contribution in [2.45, 2.75) is 18.6 Å². The highest BCUT2D eigenvalue weighted by atomic mass is 32.2. The first-order chi connectivity index (χ1) is 15.1. The Balaban J connectivity index is 1.80. The van der Waals surface area contributed by atoms with Gasteiger partial charge in [-0.1, -0.05) is 42.2 Å². The van der Waals surface area contributed by atoms with Gasteiger partial charge in [0, 0.05) is 0 Å². The van der Waals surface area contributed by atoms with E-state index in [9.17, 15) is 22.8 Å². The number of nitrogens with one attached hydrogen (secondary N) is 1. The summed E-state index contributed by atoms with van der Waals surface area (Å²) in [7, 11) is 1.24. The number of alkyl halides is 3. The number of benzene rings is 2. The van der Waals surface area contributed by atoms with Crippen molar-refractivity contribution in [2.24, 2.45) is 5.73 Å². The number of rotatable bonds is 6. The van der Waals surface area contributed by atoms with E-state index in [0.717, 1.165) is 29.5 Å². The molecule has 1 heterocycles. The van der Waals surface area contributed by atoms with Crippen molar-refractivity contribution in [2.75, 3.05) is 7.11 Å². The predicted molar refractivity (Wildman–Crippen MR) is 118 cm³/mol. The highest BCUT2D eigenvalue weighted by molar-refractivity contribution is 8.26. The molecular formula is C21H17F3N2O4S2. The molecule has 0 saturated carbocycles. The lowest BCUT2D eigenvalue weighted by molar-refractivity contribution is -0.142. The topological polar surface area (TPSA) is 90.7 Å². The maximum absolute atomic E-state index is 13.6. The minimum absolute atomic E-state index is 0.0301. The van der Waals surface area contributed by atoms with Gasteiger partial charge in [0.1, 0.15) is 21.9 Å². The molecule has 1 atom stereocenters. The predicted octanol–water partition coefficient (Wildman–Crippen LogP) is 4.03. The van der Waals surface area contributed by atoms with Crippen LogP contribution in [0.1, 0.15) is 16.7 Å². The van der Waals surface area contributed by atoms with Crippen LogP contribution in [0.2, 0.25) is 0 Å². The molecule has 1 saturated heterocycles. The summed E-state index contributed by atoms with van der Waals surface area (Å²) in [6.07, 6.45) is -3.28. The third-order valence-corrected chi connectivity index (χ3v) is 5.54. The van der Waals surface area contributed by atoms with E-state index in [1.807, 2.05) is 0 Å². The van der Waals surface area contributed by atoms with Crippen molar-refractivity contribution in [3.8, 4) is 11.5 Å². The van der Waals surface area contributed by atoms with Gasteiger partial charge in [0.05, 0.1) is 17.6 Å². The Morgan fingerprint density at radius 3 is 2.44 bits per heavy atom. The maximum atomic E-state index is 13.6. The van der Waals surface area contributed by atoms with Gasteiger partial charge in [-0.3, -0.25) is 9.59 Å². The molecule has 1 amide bonds. The van der Waals surface area contributed by atoms with Crippen LogP contribution in [-0.2, 0) is 26.9 Å². The first-order valence-electron chi connectivity index (χ1n) is 9.13. The number of halogens is 3. The molecule has 0 radical (unpaired) electrons. The van der Waals surface area contributed by atoms with Crippen LogP contribution < -0.4 is 15.8 Å². The fraction of sp³-hybridized carbons (Fsp3) is 0.190. The molecule has 11 heteroatoms. The summed E-state index contributed by atoms with van der Waals surface area (Å²) in [5.41, 5.74) is 5.32. The van der Waals surface area contributed by atoms with Crippen LogP contribution in [0.3, 0.4) is 0 Å². The summed E-state index contributed by atoms with van der Waals surface area (Å²) in [5.74, 6) is -0.816. The standard InChI is InChI=1S/C21H17F3N2O4S2/c1-29-19(28)16(25)8-11-2-5-13(6-3-11)30-14-7-4-12(15(10-14)21(22,23)24)9-17-18(27)26-20(31)32-17/h2-7,9-10,16H,8,25H2,1H3,(H,26,27,31)/t16-/m0/s1. The first kappa shape index (κ1) is 23.8. The number of hydrogen-bond donors (Lipinski definition) is 2. The molecule has 2 aromatic carbocycles. The molecular weight excluding hydrogens is 465 g/mol. The molecule has 2 aromatic rings. The molecule has 0 spiro atoms. The number of methoxy groups -OCH3 is 1. The van der Waals surface area contributed by atoms with Gasteiger partial charge >= 0.3 is 12.1 Å². The molecule has 6 nitrogen and oxygen atoms in total. The number of carbonyl (C=O) groups is 2. The Morgan fingerprint density at radius 2 is 1.88 bits per heavy atom. The third kappa shape index (κ3) is 5.87. The minimum atomic E-state index is -4.67. The van der Waals surface area contributed by atoms with E-state index in [4.69, 9.17) is 22.7 Å². The Hall–Kier alpha value is -2.89. The zero-order chi connectivity index (χ0) is 23.5. The van der Waals surface area contributed by atoms with Gasteiger partial charge in [-0.05, 0) is 47.9 Å². The smallest absolute Gasteiger partial charge is 0.417 e. The number of amides is 1. The summed E-state index contributed by atoms with van der Waals surface area (Å²) >= 11 is 5.76. The molecule has 1 aliphatic rings. The van der Waals surface area contributed by atoms with Crippen LogP contribution in [0.4, 0.5) is 13.2 Å². The van der Waals surface area contributed by atoms with E-state index in [-0.39, 0.29) is 27.0 Å². The molecule has 168 valence electrons. The van der Waals surface area contributed by atoms with Gasteiger partial charge in [0.15, 0.2) is 0 Å². The van der Waals surface area contributed by atoms with Crippen molar-refractivity contribution >= 4 is 46.3 Å². The van der Waals surface area contributed by atoms with Crippen molar-refractivity contribution in [3.63, 3.8) is 0 Å². The highest BCUT2D eigenvalue weighted by Crippen LogP contribution is 2.38. The molecule has 32 heavy (non-hydrogen) atoms. The quantitative estimate of drug-likeness (QED) is 0.365. The molecule has 0 bridgehead atoms. The highest BCUT2D eigenvalue weighted by Gasteiger charge is 2.34. The normalized spacial score (nSPS) is 16.1. The number of hydrogen-bond acceptors (Lipinski definition) is 7. The Kier molecular flexibility index (Phi) is 7.22. The molecule has 3 rings (SSSR count). The monoisotopic (exact) mass is 482 g/mol. The largest absolute Gasteiger partial charge is 0.468 e. The number of thiocarbonyl (C=S) groups is 1. The van der Waals surface area contributed by atoms with E-state index in [2.05, 4.69) is 10.1 Å². The van der Waals surface area contributed by atoms with E-state index in [0.29, 0.717) is 5.75 Å². The molecule has 0 aliphatic carbocycles. The summed E-state index contributed by atoms with van der Waals surface area (Å²) in [5, 5.41) is 2.36. The van der Waals surface area contributed by atoms with E-state index in [1.165, 1.54) is 19.2 Å². The first-order valence-corrected chi connectivity index (χ1v) is 10.4. The number of carbonyl (C=O) groups excluding carboxylic acids is 2.